The van der Waals surface area contributed by atoms with Gasteiger partial charge in [-0.15, -0.1) is 0 Å². The highest BCUT2D eigenvalue weighted by atomic mass is 15.3. The third kappa shape index (κ3) is 0.332. The van der Waals surface area contributed by atoms with Crippen LogP contribution in [0.1, 0.15) is 6.42 Å². The zero-order valence-corrected chi connectivity index (χ0v) is 5.72. The van der Waals surface area contributed by atoms with Gasteiger partial charge in [0, 0.05) is 30.6 Å². The predicted octanol–water partition coefficient (Wildman–Crippen LogP) is -0.338. The van der Waals surface area contributed by atoms with Crippen LogP contribution in [0.4, 0.5) is 0 Å². The van der Waals surface area contributed by atoms with Gasteiger partial charge >= 0.3 is 0 Å². The van der Waals surface area contributed by atoms with Gasteiger partial charge in [0.15, 0.2) is 0 Å². The van der Waals surface area contributed by atoms with Crippen LogP contribution in [0.25, 0.3) is 0 Å². The Morgan fingerprint density at radius 1 is 1.67 bits per heavy atom. The molecule has 2 heteroatoms. The van der Waals surface area contributed by atoms with Crippen molar-refractivity contribution in [1.82, 2.24) is 10.2 Å². The van der Waals surface area contributed by atoms with Crippen LogP contribution in [0.15, 0.2) is 0 Å². The Balaban J connectivity index is 1.97. The van der Waals surface area contributed by atoms with Gasteiger partial charge in [0.25, 0.3) is 0 Å². The van der Waals surface area contributed by atoms with Gasteiger partial charge in [0.05, 0.1) is 0 Å². The Bertz CT molecular complexity index is 164. The van der Waals surface area contributed by atoms with Crippen molar-refractivity contribution in [3.8, 4) is 0 Å². The molecule has 3 fully saturated rings. The second-order valence-electron chi connectivity index (χ2n) is 3.83. The third-order valence-corrected chi connectivity index (χ3v) is 3.45. The fourth-order valence-electron chi connectivity index (χ4n) is 2.63. The Morgan fingerprint density at radius 2 is 2.56 bits per heavy atom. The van der Waals surface area contributed by atoms with Crippen LogP contribution in [0.2, 0.25) is 0 Å². The molecule has 2 saturated heterocycles. The summed E-state index contributed by atoms with van der Waals surface area (Å²) in [5, 5.41) is 3.48. The minimum Gasteiger partial charge on any atom is -0.311 e. The fraction of sp³-hybridized carbons (Fsp3) is 1.00. The minimum atomic E-state index is 0.786. The summed E-state index contributed by atoms with van der Waals surface area (Å²) >= 11 is 0. The molecule has 2 aliphatic heterocycles. The van der Waals surface area contributed by atoms with E-state index >= 15 is 0 Å². The average Bonchev–Trinajstić information content (AvgIpc) is 2.50. The molecule has 3 rings (SSSR count). The topological polar surface area (TPSA) is 15.3 Å². The summed E-state index contributed by atoms with van der Waals surface area (Å²) < 4.78 is 0. The number of hydrogen-bond donors (Lipinski definition) is 1. The van der Waals surface area contributed by atoms with Crippen LogP contribution < -0.4 is 5.32 Å². The second kappa shape index (κ2) is 1.06. The van der Waals surface area contributed by atoms with Crippen molar-refractivity contribution in [2.45, 2.75) is 18.5 Å². The first kappa shape index (κ1) is 4.69. The van der Waals surface area contributed by atoms with E-state index in [9.17, 15) is 0 Å². The molecule has 1 aliphatic carbocycles. The lowest BCUT2D eigenvalue weighted by Crippen LogP contribution is -2.55. The first-order valence-corrected chi connectivity index (χ1v) is 3.76. The second-order valence-corrected chi connectivity index (χ2v) is 3.83. The van der Waals surface area contributed by atoms with E-state index in [1.54, 1.807) is 0 Å². The molecule has 1 unspecified atom stereocenters. The standard InChI is InChI=1S/C7H12N2/c1-9-3-5-7(4-8-5)2-6(7)9/h5-6,8H,2-4H2,1H3/t5-,6+,7?/m0/s1. The molecule has 50 valence electrons. The molecule has 1 N–H and O–H groups in total. The molecule has 0 aromatic carbocycles. The predicted molar refractivity (Wildman–Crippen MR) is 35.3 cm³/mol. The van der Waals surface area contributed by atoms with Crippen molar-refractivity contribution in [3.63, 3.8) is 0 Å². The van der Waals surface area contributed by atoms with Gasteiger partial charge in [-0.1, -0.05) is 0 Å². The maximum Gasteiger partial charge on any atom is 0.0279 e. The Labute approximate surface area is 55.2 Å². The van der Waals surface area contributed by atoms with Crippen molar-refractivity contribution in [1.29, 1.82) is 0 Å². The van der Waals surface area contributed by atoms with Gasteiger partial charge in [-0.25, -0.2) is 0 Å². The van der Waals surface area contributed by atoms with E-state index in [1.165, 1.54) is 19.5 Å². The number of hydrogen-bond acceptors (Lipinski definition) is 2. The molecule has 3 aliphatic rings. The van der Waals surface area contributed by atoms with E-state index in [4.69, 9.17) is 0 Å². The number of nitrogens with zero attached hydrogens (tertiary/aromatic N) is 1. The summed E-state index contributed by atoms with van der Waals surface area (Å²) in [5.41, 5.74) is 0.786. The van der Waals surface area contributed by atoms with Crippen LogP contribution in [-0.4, -0.2) is 37.1 Å². The van der Waals surface area contributed by atoms with Gasteiger partial charge < -0.3 is 10.2 Å². The largest absolute Gasteiger partial charge is 0.311 e. The summed E-state index contributed by atoms with van der Waals surface area (Å²) in [6, 6.07) is 1.83. The Kier molecular flexibility index (Phi) is 0.552. The van der Waals surface area contributed by atoms with Crippen molar-refractivity contribution in [2.75, 3.05) is 20.1 Å². The van der Waals surface area contributed by atoms with E-state index < -0.39 is 0 Å². The first-order valence-electron chi connectivity index (χ1n) is 3.76. The number of rotatable bonds is 0. The summed E-state index contributed by atoms with van der Waals surface area (Å²) in [6.07, 6.45) is 1.47. The van der Waals surface area contributed by atoms with Crippen LogP contribution >= 0.6 is 0 Å². The van der Waals surface area contributed by atoms with Gasteiger partial charge in [-0.2, -0.15) is 0 Å². The van der Waals surface area contributed by atoms with Crippen LogP contribution in [0, 0.1) is 5.41 Å². The highest BCUT2D eigenvalue weighted by Crippen LogP contribution is 2.60. The van der Waals surface area contributed by atoms with Crippen molar-refractivity contribution >= 4 is 0 Å². The summed E-state index contributed by atoms with van der Waals surface area (Å²) in [6.45, 7) is 2.59. The fourth-order valence-corrected chi connectivity index (χ4v) is 2.63. The van der Waals surface area contributed by atoms with Crippen LogP contribution in [-0.2, 0) is 0 Å². The Hall–Kier alpha value is -0.0800. The van der Waals surface area contributed by atoms with Gasteiger partial charge in [-0.3, -0.25) is 0 Å². The van der Waals surface area contributed by atoms with Crippen LogP contribution in [0.5, 0.6) is 0 Å². The molecule has 0 aromatic rings. The molecule has 0 bridgehead atoms. The minimum absolute atomic E-state index is 0.786. The molecule has 2 nitrogen and oxygen atoms in total. The number of nitrogens with one attached hydrogen (secondary N) is 1. The quantitative estimate of drug-likeness (QED) is 0.475. The number of likely N-dealkylation sites (N-methyl/N-ethyl adjacent to an activating group) is 1. The third-order valence-electron chi connectivity index (χ3n) is 3.45. The molecular formula is C7H12N2. The smallest absolute Gasteiger partial charge is 0.0279 e. The molecule has 0 aromatic heterocycles. The van der Waals surface area contributed by atoms with E-state index in [0.29, 0.717) is 0 Å². The normalized spacial score (nSPS) is 62.3. The molecular weight excluding hydrogens is 112 g/mol. The average molecular weight is 124 g/mol. The zero-order valence-electron chi connectivity index (χ0n) is 5.72. The van der Waals surface area contributed by atoms with Crippen molar-refractivity contribution in [2.24, 2.45) is 5.41 Å². The molecule has 9 heavy (non-hydrogen) atoms. The monoisotopic (exact) mass is 124 g/mol. The highest BCUT2D eigenvalue weighted by molar-refractivity contribution is 5.26. The van der Waals surface area contributed by atoms with E-state index in [-0.39, 0.29) is 0 Å². The van der Waals surface area contributed by atoms with Gasteiger partial charge in [0.1, 0.15) is 0 Å². The summed E-state index contributed by atoms with van der Waals surface area (Å²) in [5.74, 6) is 0. The molecule has 0 radical (unpaired) electrons. The van der Waals surface area contributed by atoms with E-state index in [0.717, 1.165) is 17.5 Å². The summed E-state index contributed by atoms with van der Waals surface area (Å²) in [7, 11) is 2.25. The number of piperidine rings is 1. The van der Waals surface area contributed by atoms with Crippen LogP contribution in [0.3, 0.4) is 0 Å². The lowest BCUT2D eigenvalue weighted by molar-refractivity contribution is 0.234. The van der Waals surface area contributed by atoms with E-state index in [1.807, 2.05) is 0 Å². The van der Waals surface area contributed by atoms with E-state index in [2.05, 4.69) is 17.3 Å². The maximum atomic E-state index is 3.48. The highest BCUT2D eigenvalue weighted by Gasteiger charge is 2.69. The Morgan fingerprint density at radius 3 is 2.78 bits per heavy atom. The summed E-state index contributed by atoms with van der Waals surface area (Å²) in [4.78, 5) is 2.50. The molecule has 2 heterocycles. The lowest BCUT2D eigenvalue weighted by Gasteiger charge is -2.34. The molecule has 1 spiro atoms. The lowest BCUT2D eigenvalue weighted by atomic mass is 9.90. The van der Waals surface area contributed by atoms with Gasteiger partial charge in [0.2, 0.25) is 0 Å². The SMILES string of the molecule is CN1C[C@@H]2NCC23C[C@@H]13. The molecule has 3 atom stereocenters. The zero-order chi connectivity index (χ0) is 6.06. The van der Waals surface area contributed by atoms with Gasteiger partial charge in [-0.05, 0) is 13.5 Å². The maximum absolute atomic E-state index is 3.48. The van der Waals surface area contributed by atoms with Crippen molar-refractivity contribution in [3.05, 3.63) is 0 Å². The first-order chi connectivity index (χ1) is 4.33. The molecule has 0 amide bonds. The molecule has 1 saturated carbocycles. The number of likely N-dealkylation sites (tertiary alicyclic amines) is 1. The van der Waals surface area contributed by atoms with Crippen molar-refractivity contribution < 1.29 is 0 Å².